The van der Waals surface area contributed by atoms with Crippen molar-refractivity contribution in [1.29, 1.82) is 0 Å². The van der Waals surface area contributed by atoms with Gasteiger partial charge in [-0.3, -0.25) is 24.6 Å². The summed E-state index contributed by atoms with van der Waals surface area (Å²) < 4.78 is 0. The van der Waals surface area contributed by atoms with Crippen LogP contribution in [0.2, 0.25) is 0 Å². The zero-order valence-corrected chi connectivity index (χ0v) is 15.3. The van der Waals surface area contributed by atoms with Crippen LogP contribution in [0.25, 0.3) is 0 Å². The fourth-order valence-corrected chi connectivity index (χ4v) is 2.23. The molecule has 1 heterocycles. The summed E-state index contributed by atoms with van der Waals surface area (Å²) >= 11 is 0. The number of amides is 2. The molecule has 2 aromatic rings. The van der Waals surface area contributed by atoms with Crippen molar-refractivity contribution < 1.29 is 14.5 Å². The van der Waals surface area contributed by atoms with Crippen molar-refractivity contribution in [3.05, 3.63) is 58.3 Å². The van der Waals surface area contributed by atoms with E-state index in [-0.39, 0.29) is 24.0 Å². The first-order valence-corrected chi connectivity index (χ1v) is 8.24. The van der Waals surface area contributed by atoms with Gasteiger partial charge in [-0.15, -0.1) is 0 Å². The molecule has 0 saturated carbocycles. The molecule has 2 amide bonds. The van der Waals surface area contributed by atoms with Gasteiger partial charge < -0.3 is 10.6 Å². The first kappa shape index (κ1) is 20.0. The Kier molecular flexibility index (Phi) is 6.56. The van der Waals surface area contributed by atoms with Crippen LogP contribution >= 0.6 is 0 Å². The number of benzene rings is 1. The molecular formula is C18H21N5O4. The lowest BCUT2D eigenvalue weighted by atomic mass is 10.2. The first-order chi connectivity index (χ1) is 12.8. The number of hydrogen-bond acceptors (Lipinski definition) is 6. The van der Waals surface area contributed by atoms with Gasteiger partial charge in [-0.1, -0.05) is 12.1 Å². The van der Waals surface area contributed by atoms with Gasteiger partial charge in [-0.05, 0) is 38.6 Å². The number of aryl methyl sites for hydroxylation is 1. The number of nitrogens with zero attached hydrogens (tertiary/aromatic N) is 3. The first-order valence-electron chi connectivity index (χ1n) is 8.24. The van der Waals surface area contributed by atoms with Crippen LogP contribution in [0.15, 0.2) is 42.6 Å². The summed E-state index contributed by atoms with van der Waals surface area (Å²) in [5.41, 5.74) is 1.19. The van der Waals surface area contributed by atoms with Crippen LogP contribution in [-0.4, -0.2) is 46.3 Å². The molecule has 2 rings (SSSR count). The number of carbonyl (C=O) groups excluding carboxylic acids is 2. The van der Waals surface area contributed by atoms with E-state index in [0.717, 1.165) is 5.56 Å². The number of likely N-dealkylation sites (N-methyl/N-ethyl adjacent to an activating group) is 1. The zero-order valence-electron chi connectivity index (χ0n) is 15.3. The van der Waals surface area contributed by atoms with Crippen molar-refractivity contribution >= 4 is 29.0 Å². The maximum atomic E-state index is 12.3. The lowest BCUT2D eigenvalue weighted by molar-refractivity contribution is -0.384. The van der Waals surface area contributed by atoms with Crippen molar-refractivity contribution in [3.63, 3.8) is 0 Å². The van der Waals surface area contributed by atoms with E-state index in [0.29, 0.717) is 11.5 Å². The van der Waals surface area contributed by atoms with E-state index in [1.165, 1.54) is 18.2 Å². The van der Waals surface area contributed by atoms with Crippen molar-refractivity contribution in [2.75, 3.05) is 24.2 Å². The van der Waals surface area contributed by atoms with Gasteiger partial charge in [0.05, 0.1) is 17.5 Å². The zero-order chi connectivity index (χ0) is 20.0. The van der Waals surface area contributed by atoms with Gasteiger partial charge in [0.1, 0.15) is 5.82 Å². The highest BCUT2D eigenvalue weighted by molar-refractivity contribution is 5.96. The Labute approximate surface area is 156 Å². The summed E-state index contributed by atoms with van der Waals surface area (Å²) in [5.74, 6) is -0.240. The third-order valence-corrected chi connectivity index (χ3v) is 3.94. The van der Waals surface area contributed by atoms with Crippen molar-refractivity contribution in [3.8, 4) is 0 Å². The smallest absolute Gasteiger partial charge is 0.271 e. The van der Waals surface area contributed by atoms with Crippen LogP contribution in [0.4, 0.5) is 17.2 Å². The number of carbonyl (C=O) groups is 2. The molecule has 0 aliphatic carbocycles. The van der Waals surface area contributed by atoms with Gasteiger partial charge in [0.15, 0.2) is 0 Å². The largest absolute Gasteiger partial charge is 0.324 e. The minimum absolute atomic E-state index is 0.0148. The number of pyridine rings is 1. The van der Waals surface area contributed by atoms with Gasteiger partial charge in [-0.2, -0.15) is 0 Å². The predicted molar refractivity (Wildman–Crippen MR) is 101 cm³/mol. The molecule has 0 spiro atoms. The van der Waals surface area contributed by atoms with Gasteiger partial charge in [0.2, 0.25) is 11.8 Å². The standard InChI is InChI=1S/C18H21N5O4/c1-12-7-8-16(19-10-12)21-17(24)11-22(3)13(2)18(25)20-14-5-4-6-15(9-14)23(26)27/h4-10,13H,11H2,1-3H3,(H,20,25)(H,19,21,24). The van der Waals surface area contributed by atoms with Crippen molar-refractivity contribution in [2.24, 2.45) is 0 Å². The molecule has 1 atom stereocenters. The number of aromatic nitrogens is 1. The summed E-state index contributed by atoms with van der Waals surface area (Å²) in [6.07, 6.45) is 1.65. The molecule has 27 heavy (non-hydrogen) atoms. The SMILES string of the molecule is Cc1ccc(NC(=O)CN(C)C(C)C(=O)Nc2cccc([N+](=O)[O-])c2)nc1. The highest BCUT2D eigenvalue weighted by Crippen LogP contribution is 2.17. The molecular weight excluding hydrogens is 350 g/mol. The fourth-order valence-electron chi connectivity index (χ4n) is 2.23. The lowest BCUT2D eigenvalue weighted by Crippen LogP contribution is -2.43. The normalized spacial score (nSPS) is 11.7. The van der Waals surface area contributed by atoms with E-state index < -0.39 is 11.0 Å². The molecule has 2 N–H and O–H groups in total. The number of rotatable bonds is 7. The second-order valence-corrected chi connectivity index (χ2v) is 6.16. The monoisotopic (exact) mass is 371 g/mol. The molecule has 9 nitrogen and oxygen atoms in total. The number of hydrogen-bond donors (Lipinski definition) is 2. The summed E-state index contributed by atoms with van der Waals surface area (Å²) in [7, 11) is 1.64. The number of nitro groups is 1. The molecule has 0 radical (unpaired) electrons. The van der Waals surface area contributed by atoms with Crippen molar-refractivity contribution in [1.82, 2.24) is 9.88 Å². The molecule has 1 unspecified atom stereocenters. The van der Waals surface area contributed by atoms with Crippen molar-refractivity contribution in [2.45, 2.75) is 19.9 Å². The fraction of sp³-hybridized carbons (Fsp3) is 0.278. The van der Waals surface area contributed by atoms with Crippen LogP contribution in [0.5, 0.6) is 0 Å². The third kappa shape index (κ3) is 5.86. The maximum absolute atomic E-state index is 12.3. The van der Waals surface area contributed by atoms with Crippen LogP contribution in [0.1, 0.15) is 12.5 Å². The summed E-state index contributed by atoms with van der Waals surface area (Å²) in [5, 5.41) is 16.1. The maximum Gasteiger partial charge on any atom is 0.271 e. The lowest BCUT2D eigenvalue weighted by Gasteiger charge is -2.23. The number of anilines is 2. The Morgan fingerprint density at radius 2 is 2.00 bits per heavy atom. The third-order valence-electron chi connectivity index (χ3n) is 3.94. The Morgan fingerprint density at radius 1 is 1.26 bits per heavy atom. The van der Waals surface area contributed by atoms with E-state index in [9.17, 15) is 19.7 Å². The van der Waals surface area contributed by atoms with E-state index in [1.54, 1.807) is 37.2 Å². The number of nitrogens with one attached hydrogen (secondary N) is 2. The molecule has 142 valence electrons. The van der Waals surface area contributed by atoms with E-state index in [4.69, 9.17) is 0 Å². The second kappa shape index (κ2) is 8.86. The van der Waals surface area contributed by atoms with Gasteiger partial charge in [0, 0.05) is 24.0 Å². The predicted octanol–water partition coefficient (Wildman–Crippen LogP) is 2.20. The molecule has 1 aromatic carbocycles. The molecule has 0 fully saturated rings. The summed E-state index contributed by atoms with van der Waals surface area (Å²) in [6, 6.07) is 8.58. The Morgan fingerprint density at radius 3 is 2.63 bits per heavy atom. The van der Waals surface area contributed by atoms with E-state index in [1.807, 2.05) is 13.0 Å². The summed E-state index contributed by atoms with van der Waals surface area (Å²) in [4.78, 5) is 40.4. The van der Waals surface area contributed by atoms with E-state index in [2.05, 4.69) is 15.6 Å². The van der Waals surface area contributed by atoms with Crippen LogP contribution < -0.4 is 10.6 Å². The molecule has 0 saturated heterocycles. The quantitative estimate of drug-likeness (QED) is 0.569. The van der Waals surface area contributed by atoms with Crippen LogP contribution in [-0.2, 0) is 9.59 Å². The highest BCUT2D eigenvalue weighted by atomic mass is 16.6. The molecule has 9 heteroatoms. The number of nitro benzene ring substituents is 1. The van der Waals surface area contributed by atoms with Crippen LogP contribution in [0.3, 0.4) is 0 Å². The van der Waals surface area contributed by atoms with Gasteiger partial charge in [-0.25, -0.2) is 4.98 Å². The molecule has 1 aromatic heterocycles. The minimum atomic E-state index is -0.624. The second-order valence-electron chi connectivity index (χ2n) is 6.16. The van der Waals surface area contributed by atoms with Gasteiger partial charge in [0.25, 0.3) is 5.69 Å². The molecule has 0 aliphatic rings. The Hall–Kier alpha value is -3.33. The van der Waals surface area contributed by atoms with Crippen LogP contribution in [0, 0.1) is 17.0 Å². The minimum Gasteiger partial charge on any atom is -0.324 e. The molecule has 0 bridgehead atoms. The summed E-state index contributed by atoms with van der Waals surface area (Å²) in [6.45, 7) is 3.52. The number of non-ortho nitro benzene ring substituents is 1. The average Bonchev–Trinajstić information content (AvgIpc) is 2.63. The Balaban J connectivity index is 1.91. The topological polar surface area (TPSA) is 117 Å². The highest BCUT2D eigenvalue weighted by Gasteiger charge is 2.21. The Bertz CT molecular complexity index is 838. The van der Waals surface area contributed by atoms with Gasteiger partial charge >= 0.3 is 0 Å². The van der Waals surface area contributed by atoms with E-state index >= 15 is 0 Å². The average molecular weight is 371 g/mol. The molecule has 0 aliphatic heterocycles.